The Labute approximate surface area is 120 Å². The van der Waals surface area contributed by atoms with E-state index in [1.807, 2.05) is 4.40 Å². The van der Waals surface area contributed by atoms with Crippen LogP contribution in [0.4, 0.5) is 4.39 Å². The zero-order chi connectivity index (χ0) is 14.8. The van der Waals surface area contributed by atoms with E-state index in [2.05, 4.69) is 9.72 Å². The van der Waals surface area contributed by atoms with Gasteiger partial charge in [-0.25, -0.2) is 14.2 Å². The zero-order valence-electron chi connectivity index (χ0n) is 11.4. The SMILES string of the molecule is COC(=O)c1ccn2c(Cc3ccccc3F)ncc2c1. The van der Waals surface area contributed by atoms with Gasteiger partial charge in [-0.1, -0.05) is 18.2 Å². The topological polar surface area (TPSA) is 43.6 Å². The van der Waals surface area contributed by atoms with Crippen LogP contribution in [0.2, 0.25) is 0 Å². The van der Waals surface area contributed by atoms with E-state index in [-0.39, 0.29) is 5.82 Å². The zero-order valence-corrected chi connectivity index (χ0v) is 11.4. The average Bonchev–Trinajstić information content (AvgIpc) is 2.91. The lowest BCUT2D eigenvalue weighted by Crippen LogP contribution is -2.03. The van der Waals surface area contributed by atoms with Crippen molar-refractivity contribution in [3.05, 3.63) is 71.6 Å². The Kier molecular flexibility index (Phi) is 3.39. The number of rotatable bonds is 3. The fraction of sp³-hybridized carbons (Fsp3) is 0.125. The van der Waals surface area contributed by atoms with Crippen LogP contribution in [0.1, 0.15) is 21.7 Å². The number of hydrogen-bond donors (Lipinski definition) is 0. The second-order valence-corrected chi connectivity index (χ2v) is 4.64. The number of methoxy groups -OCH3 is 1. The number of aromatic nitrogens is 2. The summed E-state index contributed by atoms with van der Waals surface area (Å²) in [6.07, 6.45) is 3.78. The van der Waals surface area contributed by atoms with Crippen LogP contribution in [-0.2, 0) is 11.2 Å². The number of pyridine rings is 1. The average molecular weight is 284 g/mol. The monoisotopic (exact) mass is 284 g/mol. The maximum Gasteiger partial charge on any atom is 0.337 e. The number of carbonyl (C=O) groups is 1. The third-order valence-electron chi connectivity index (χ3n) is 3.34. The van der Waals surface area contributed by atoms with Crippen LogP contribution in [0, 0.1) is 5.82 Å². The number of carbonyl (C=O) groups excluding carboxylic acids is 1. The summed E-state index contributed by atoms with van der Waals surface area (Å²) in [5.41, 5.74) is 1.81. The van der Waals surface area contributed by atoms with Crippen molar-refractivity contribution in [2.24, 2.45) is 0 Å². The van der Waals surface area contributed by atoms with Crippen LogP contribution < -0.4 is 0 Å². The predicted octanol–water partition coefficient (Wildman–Crippen LogP) is 2.85. The second-order valence-electron chi connectivity index (χ2n) is 4.64. The Morgan fingerprint density at radius 1 is 1.33 bits per heavy atom. The van der Waals surface area contributed by atoms with Gasteiger partial charge in [-0.15, -0.1) is 0 Å². The van der Waals surface area contributed by atoms with Gasteiger partial charge in [-0.2, -0.15) is 0 Å². The summed E-state index contributed by atoms with van der Waals surface area (Å²) in [4.78, 5) is 15.8. The quantitative estimate of drug-likeness (QED) is 0.695. The molecule has 0 aliphatic heterocycles. The molecule has 2 aromatic heterocycles. The molecular weight excluding hydrogens is 271 g/mol. The molecule has 0 bridgehead atoms. The van der Waals surface area contributed by atoms with Crippen LogP contribution in [-0.4, -0.2) is 22.5 Å². The van der Waals surface area contributed by atoms with Gasteiger partial charge in [0.25, 0.3) is 0 Å². The number of halogens is 1. The largest absolute Gasteiger partial charge is 0.465 e. The number of imidazole rings is 1. The minimum Gasteiger partial charge on any atom is -0.465 e. The van der Waals surface area contributed by atoms with Crippen molar-refractivity contribution >= 4 is 11.5 Å². The van der Waals surface area contributed by atoms with E-state index in [0.717, 1.165) is 5.52 Å². The molecule has 3 rings (SSSR count). The fourth-order valence-corrected chi connectivity index (χ4v) is 2.24. The Balaban J connectivity index is 1.98. The predicted molar refractivity (Wildman–Crippen MR) is 75.7 cm³/mol. The van der Waals surface area contributed by atoms with Gasteiger partial charge in [-0.05, 0) is 23.8 Å². The van der Waals surface area contributed by atoms with Crippen molar-refractivity contribution in [2.45, 2.75) is 6.42 Å². The van der Waals surface area contributed by atoms with Crippen LogP contribution in [0.15, 0.2) is 48.8 Å². The van der Waals surface area contributed by atoms with Crippen LogP contribution in [0.25, 0.3) is 5.52 Å². The van der Waals surface area contributed by atoms with E-state index in [1.54, 1.807) is 42.7 Å². The lowest BCUT2D eigenvalue weighted by Gasteiger charge is -2.04. The second kappa shape index (κ2) is 5.36. The lowest BCUT2D eigenvalue weighted by atomic mass is 10.1. The van der Waals surface area contributed by atoms with Gasteiger partial charge in [0.1, 0.15) is 11.6 Å². The number of hydrogen-bond acceptors (Lipinski definition) is 3. The van der Waals surface area contributed by atoms with E-state index in [9.17, 15) is 9.18 Å². The molecule has 0 N–H and O–H groups in total. The maximum atomic E-state index is 13.7. The molecule has 3 aromatic rings. The molecule has 0 fully saturated rings. The van der Waals surface area contributed by atoms with E-state index in [4.69, 9.17) is 0 Å². The van der Waals surface area contributed by atoms with Crippen LogP contribution in [0.5, 0.6) is 0 Å². The molecule has 2 heterocycles. The van der Waals surface area contributed by atoms with Gasteiger partial charge in [-0.3, -0.25) is 0 Å². The molecule has 21 heavy (non-hydrogen) atoms. The Morgan fingerprint density at radius 2 is 2.14 bits per heavy atom. The first kappa shape index (κ1) is 13.3. The van der Waals surface area contributed by atoms with Crippen molar-refractivity contribution in [1.29, 1.82) is 0 Å². The summed E-state index contributed by atoms with van der Waals surface area (Å²) >= 11 is 0. The highest BCUT2D eigenvalue weighted by molar-refractivity contribution is 5.90. The molecular formula is C16H13FN2O2. The molecule has 0 aliphatic carbocycles. The first-order chi connectivity index (χ1) is 10.2. The molecule has 0 amide bonds. The molecule has 0 radical (unpaired) electrons. The van der Waals surface area contributed by atoms with E-state index in [1.165, 1.54) is 13.2 Å². The van der Waals surface area contributed by atoms with E-state index >= 15 is 0 Å². The smallest absolute Gasteiger partial charge is 0.337 e. The normalized spacial score (nSPS) is 10.8. The molecule has 0 aliphatic rings. The van der Waals surface area contributed by atoms with Crippen molar-refractivity contribution in [2.75, 3.05) is 7.11 Å². The highest BCUT2D eigenvalue weighted by Crippen LogP contribution is 2.15. The third kappa shape index (κ3) is 2.50. The first-order valence-electron chi connectivity index (χ1n) is 6.47. The first-order valence-corrected chi connectivity index (χ1v) is 6.47. The van der Waals surface area contributed by atoms with Crippen LogP contribution in [0.3, 0.4) is 0 Å². The minimum absolute atomic E-state index is 0.250. The Hall–Kier alpha value is -2.69. The Bertz CT molecular complexity index is 811. The molecule has 0 atom stereocenters. The van der Waals surface area contributed by atoms with E-state index < -0.39 is 5.97 Å². The molecule has 0 saturated carbocycles. The van der Waals surface area contributed by atoms with E-state index in [0.29, 0.717) is 23.4 Å². The maximum absolute atomic E-state index is 13.7. The molecule has 1 aromatic carbocycles. The number of ether oxygens (including phenoxy) is 1. The number of esters is 1. The standard InChI is InChI=1S/C16H13FN2O2/c1-21-16(20)12-6-7-19-13(8-12)10-18-15(19)9-11-4-2-3-5-14(11)17/h2-8,10H,9H2,1H3. The number of nitrogens with zero attached hydrogens (tertiary/aromatic N) is 2. The van der Waals surface area contributed by atoms with Gasteiger partial charge < -0.3 is 9.14 Å². The molecule has 0 saturated heterocycles. The van der Waals surface area contributed by atoms with Crippen molar-refractivity contribution < 1.29 is 13.9 Å². The van der Waals surface area contributed by atoms with Crippen molar-refractivity contribution in [1.82, 2.24) is 9.38 Å². The third-order valence-corrected chi connectivity index (χ3v) is 3.34. The van der Waals surface area contributed by atoms with Gasteiger partial charge >= 0.3 is 5.97 Å². The molecule has 106 valence electrons. The summed E-state index contributed by atoms with van der Waals surface area (Å²) in [5.74, 6) is 0.0706. The Morgan fingerprint density at radius 3 is 2.90 bits per heavy atom. The lowest BCUT2D eigenvalue weighted by molar-refractivity contribution is 0.0600. The summed E-state index contributed by atoms with van der Waals surface area (Å²) in [6, 6.07) is 9.98. The van der Waals surface area contributed by atoms with Gasteiger partial charge in [0, 0.05) is 12.6 Å². The summed E-state index contributed by atoms with van der Waals surface area (Å²) in [5, 5.41) is 0. The molecule has 5 heteroatoms. The summed E-state index contributed by atoms with van der Waals surface area (Å²) in [6.45, 7) is 0. The number of fused-ring (bicyclic) bond motifs is 1. The van der Waals surface area contributed by atoms with Gasteiger partial charge in [0.15, 0.2) is 0 Å². The molecule has 0 spiro atoms. The fourth-order valence-electron chi connectivity index (χ4n) is 2.24. The number of benzene rings is 1. The molecule has 4 nitrogen and oxygen atoms in total. The highest BCUT2D eigenvalue weighted by Gasteiger charge is 2.11. The van der Waals surface area contributed by atoms with Crippen molar-refractivity contribution in [3.8, 4) is 0 Å². The molecule has 0 unspecified atom stereocenters. The summed E-state index contributed by atoms with van der Waals surface area (Å²) < 4.78 is 20.2. The van der Waals surface area contributed by atoms with Gasteiger partial charge in [0.05, 0.1) is 24.4 Å². The highest BCUT2D eigenvalue weighted by atomic mass is 19.1. The van der Waals surface area contributed by atoms with Crippen molar-refractivity contribution in [3.63, 3.8) is 0 Å². The van der Waals surface area contributed by atoms with Crippen LogP contribution >= 0.6 is 0 Å². The van der Waals surface area contributed by atoms with Gasteiger partial charge in [0.2, 0.25) is 0 Å². The summed E-state index contributed by atoms with van der Waals surface area (Å²) in [7, 11) is 1.34. The minimum atomic E-state index is -0.394.